The Morgan fingerprint density at radius 2 is 2.17 bits per heavy atom. The molecule has 0 N–H and O–H groups in total. The van der Waals surface area contributed by atoms with E-state index in [1.165, 1.54) is 22.7 Å². The molecule has 1 saturated heterocycles. The SMILES string of the molecule is CCOC(=O)/C=C1\SCC(=O)N1CCOc1ccc(C#N)cc1. The topological polar surface area (TPSA) is 79.6 Å². The lowest BCUT2D eigenvalue weighted by Gasteiger charge is -2.17. The lowest BCUT2D eigenvalue weighted by atomic mass is 10.2. The van der Waals surface area contributed by atoms with Gasteiger partial charge in [0.15, 0.2) is 0 Å². The maximum absolute atomic E-state index is 11.9. The Labute approximate surface area is 138 Å². The molecule has 1 heterocycles. The fourth-order valence-electron chi connectivity index (χ4n) is 1.93. The molecular formula is C16H16N2O4S. The number of carbonyl (C=O) groups excluding carboxylic acids is 2. The van der Waals surface area contributed by atoms with Crippen LogP contribution in [0, 0.1) is 11.3 Å². The molecular weight excluding hydrogens is 316 g/mol. The van der Waals surface area contributed by atoms with Gasteiger partial charge in [-0.3, -0.25) is 4.79 Å². The number of nitriles is 1. The fourth-order valence-corrected chi connectivity index (χ4v) is 2.89. The van der Waals surface area contributed by atoms with E-state index < -0.39 is 5.97 Å². The Morgan fingerprint density at radius 1 is 1.43 bits per heavy atom. The maximum atomic E-state index is 11.9. The van der Waals surface area contributed by atoms with Gasteiger partial charge in [-0.15, -0.1) is 0 Å². The average molecular weight is 332 g/mol. The average Bonchev–Trinajstić information content (AvgIpc) is 2.89. The van der Waals surface area contributed by atoms with Gasteiger partial charge < -0.3 is 14.4 Å². The molecule has 0 atom stereocenters. The molecule has 0 aliphatic carbocycles. The molecule has 1 aliphatic rings. The molecule has 120 valence electrons. The predicted molar refractivity (Wildman–Crippen MR) is 85.5 cm³/mol. The molecule has 0 saturated carbocycles. The Hall–Kier alpha value is -2.46. The van der Waals surface area contributed by atoms with Crippen LogP contribution in [0.1, 0.15) is 12.5 Å². The minimum Gasteiger partial charge on any atom is -0.492 e. The predicted octanol–water partition coefficient (Wildman–Crippen LogP) is 1.92. The summed E-state index contributed by atoms with van der Waals surface area (Å²) in [5, 5.41) is 9.32. The number of carbonyl (C=O) groups is 2. The van der Waals surface area contributed by atoms with E-state index in [1.54, 1.807) is 31.2 Å². The Kier molecular flexibility index (Phi) is 6.06. The molecule has 7 heteroatoms. The molecule has 0 bridgehead atoms. The summed E-state index contributed by atoms with van der Waals surface area (Å²) in [6.45, 7) is 2.66. The van der Waals surface area contributed by atoms with Crippen LogP contribution in [0.5, 0.6) is 5.75 Å². The quantitative estimate of drug-likeness (QED) is 0.585. The van der Waals surface area contributed by atoms with Crippen molar-refractivity contribution in [3.05, 3.63) is 40.9 Å². The standard InChI is InChI=1S/C16H16N2O4S/c1-2-21-16(20)9-15-18(14(19)11-23-15)7-8-22-13-5-3-12(10-17)4-6-13/h3-6,9H,2,7-8,11H2,1H3/b15-9-. The number of amides is 1. The van der Waals surface area contributed by atoms with Gasteiger partial charge in [0.05, 0.1) is 41.6 Å². The molecule has 0 radical (unpaired) electrons. The Bertz CT molecular complexity index is 649. The minimum absolute atomic E-state index is 0.0611. The first-order valence-corrected chi connectivity index (χ1v) is 8.07. The normalized spacial score (nSPS) is 15.6. The summed E-state index contributed by atoms with van der Waals surface area (Å²) in [5.74, 6) is 0.415. The first-order valence-electron chi connectivity index (χ1n) is 7.08. The number of thioether (sulfide) groups is 1. The second-order valence-electron chi connectivity index (χ2n) is 4.55. The lowest BCUT2D eigenvalue weighted by molar-refractivity contribution is -0.137. The first-order chi connectivity index (χ1) is 11.1. The van der Waals surface area contributed by atoms with E-state index in [2.05, 4.69) is 0 Å². The van der Waals surface area contributed by atoms with E-state index >= 15 is 0 Å². The van der Waals surface area contributed by atoms with Crippen LogP contribution >= 0.6 is 11.8 Å². The molecule has 2 rings (SSSR count). The number of hydrogen-bond donors (Lipinski definition) is 0. The van der Waals surface area contributed by atoms with Gasteiger partial charge in [0, 0.05) is 0 Å². The second kappa shape index (κ2) is 8.25. The highest BCUT2D eigenvalue weighted by molar-refractivity contribution is 8.04. The maximum Gasteiger partial charge on any atom is 0.333 e. The summed E-state index contributed by atoms with van der Waals surface area (Å²) in [6.07, 6.45) is 1.33. The Balaban J connectivity index is 1.90. The van der Waals surface area contributed by atoms with Crippen molar-refractivity contribution >= 4 is 23.6 Å². The fraction of sp³-hybridized carbons (Fsp3) is 0.312. The van der Waals surface area contributed by atoms with Crippen LogP contribution in [0.3, 0.4) is 0 Å². The molecule has 1 aromatic carbocycles. The summed E-state index contributed by atoms with van der Waals surface area (Å²) in [4.78, 5) is 24.9. The van der Waals surface area contributed by atoms with Crippen LogP contribution in [0.4, 0.5) is 0 Å². The number of rotatable bonds is 6. The van der Waals surface area contributed by atoms with Gasteiger partial charge in [0.2, 0.25) is 5.91 Å². The zero-order valence-electron chi connectivity index (χ0n) is 12.7. The van der Waals surface area contributed by atoms with Crippen molar-refractivity contribution < 1.29 is 19.1 Å². The van der Waals surface area contributed by atoms with Gasteiger partial charge in [-0.05, 0) is 31.2 Å². The molecule has 0 spiro atoms. The molecule has 1 fully saturated rings. The van der Waals surface area contributed by atoms with Gasteiger partial charge in [0.25, 0.3) is 0 Å². The highest BCUT2D eigenvalue weighted by Gasteiger charge is 2.27. The van der Waals surface area contributed by atoms with Crippen LogP contribution in [0.15, 0.2) is 35.4 Å². The van der Waals surface area contributed by atoms with E-state index in [0.717, 1.165) is 0 Å². The van der Waals surface area contributed by atoms with Gasteiger partial charge in [0.1, 0.15) is 12.4 Å². The lowest BCUT2D eigenvalue weighted by Crippen LogP contribution is -2.29. The van der Waals surface area contributed by atoms with E-state index in [4.69, 9.17) is 14.7 Å². The molecule has 1 aliphatic heterocycles. The number of esters is 1. The van der Waals surface area contributed by atoms with Crippen LogP contribution in [-0.4, -0.2) is 42.3 Å². The summed E-state index contributed by atoms with van der Waals surface area (Å²) in [7, 11) is 0. The minimum atomic E-state index is -0.456. The largest absolute Gasteiger partial charge is 0.492 e. The summed E-state index contributed by atoms with van der Waals surface area (Å²) < 4.78 is 10.4. The van der Waals surface area contributed by atoms with E-state index in [0.29, 0.717) is 41.9 Å². The summed E-state index contributed by atoms with van der Waals surface area (Å²) in [5.41, 5.74) is 0.558. The van der Waals surface area contributed by atoms with Crippen molar-refractivity contribution in [2.45, 2.75) is 6.92 Å². The van der Waals surface area contributed by atoms with E-state index in [1.807, 2.05) is 6.07 Å². The van der Waals surface area contributed by atoms with Gasteiger partial charge >= 0.3 is 5.97 Å². The zero-order valence-corrected chi connectivity index (χ0v) is 13.5. The third kappa shape index (κ3) is 4.76. The number of benzene rings is 1. The third-order valence-electron chi connectivity index (χ3n) is 3.01. The number of hydrogen-bond acceptors (Lipinski definition) is 6. The first kappa shape index (κ1) is 16.9. The van der Waals surface area contributed by atoms with Crippen molar-refractivity contribution in [1.29, 1.82) is 5.26 Å². The third-order valence-corrected chi connectivity index (χ3v) is 4.03. The monoisotopic (exact) mass is 332 g/mol. The van der Waals surface area contributed by atoms with Crippen LogP contribution in [0.2, 0.25) is 0 Å². The highest BCUT2D eigenvalue weighted by Crippen LogP contribution is 2.28. The molecule has 1 amide bonds. The highest BCUT2D eigenvalue weighted by atomic mass is 32.2. The van der Waals surface area contributed by atoms with Crippen molar-refractivity contribution in [3.63, 3.8) is 0 Å². The Morgan fingerprint density at radius 3 is 2.83 bits per heavy atom. The van der Waals surface area contributed by atoms with Crippen LogP contribution < -0.4 is 4.74 Å². The van der Waals surface area contributed by atoms with Crippen molar-refractivity contribution in [1.82, 2.24) is 4.90 Å². The second-order valence-corrected chi connectivity index (χ2v) is 5.55. The summed E-state index contributed by atoms with van der Waals surface area (Å²) in [6, 6.07) is 8.77. The molecule has 0 aromatic heterocycles. The van der Waals surface area contributed by atoms with E-state index in [9.17, 15) is 9.59 Å². The molecule has 6 nitrogen and oxygen atoms in total. The van der Waals surface area contributed by atoms with Gasteiger partial charge in [-0.1, -0.05) is 11.8 Å². The van der Waals surface area contributed by atoms with Gasteiger partial charge in [-0.2, -0.15) is 5.26 Å². The van der Waals surface area contributed by atoms with Crippen LogP contribution in [-0.2, 0) is 14.3 Å². The van der Waals surface area contributed by atoms with Crippen molar-refractivity contribution in [2.75, 3.05) is 25.5 Å². The number of nitrogens with zero attached hydrogens (tertiary/aromatic N) is 2. The molecule has 0 unspecified atom stereocenters. The molecule has 23 heavy (non-hydrogen) atoms. The smallest absolute Gasteiger partial charge is 0.333 e. The number of ether oxygens (including phenoxy) is 2. The van der Waals surface area contributed by atoms with Crippen molar-refractivity contribution in [3.8, 4) is 11.8 Å². The zero-order chi connectivity index (χ0) is 16.7. The van der Waals surface area contributed by atoms with Gasteiger partial charge in [-0.25, -0.2) is 4.79 Å². The van der Waals surface area contributed by atoms with Crippen molar-refractivity contribution in [2.24, 2.45) is 0 Å². The van der Waals surface area contributed by atoms with E-state index in [-0.39, 0.29) is 5.91 Å². The molecule has 1 aromatic rings. The summed E-state index contributed by atoms with van der Waals surface area (Å²) >= 11 is 1.31. The van der Waals surface area contributed by atoms with Crippen LogP contribution in [0.25, 0.3) is 0 Å².